The molecule has 0 atom stereocenters. The zero-order valence-corrected chi connectivity index (χ0v) is 33.0. The van der Waals surface area contributed by atoms with Gasteiger partial charge in [-0.2, -0.15) is 0 Å². The van der Waals surface area contributed by atoms with Crippen molar-refractivity contribution in [1.29, 1.82) is 0 Å². The van der Waals surface area contributed by atoms with Crippen molar-refractivity contribution in [3.63, 3.8) is 0 Å². The van der Waals surface area contributed by atoms with E-state index >= 15 is 0 Å². The average Bonchev–Trinajstić information content (AvgIpc) is 3.11. The van der Waals surface area contributed by atoms with E-state index in [2.05, 4.69) is 16.0 Å². The number of amides is 3. The number of nitrogens with one attached hydrogen (secondary N) is 3. The predicted octanol–water partition coefficient (Wildman–Crippen LogP) is 5.54. The molecule has 13 nitrogen and oxygen atoms in total. The van der Waals surface area contributed by atoms with Crippen molar-refractivity contribution in [2.45, 2.75) is 156 Å². The first kappa shape index (κ1) is 54.9. The predicted molar refractivity (Wildman–Crippen MR) is 202 cm³/mol. The van der Waals surface area contributed by atoms with E-state index in [-0.39, 0.29) is 30.1 Å². The summed E-state index contributed by atoms with van der Waals surface area (Å²) in [6.07, 6.45) is 18.7. The maximum atomic E-state index is 12.4. The van der Waals surface area contributed by atoms with Gasteiger partial charge in [-0.3, -0.25) is 19.2 Å². The fourth-order valence-corrected chi connectivity index (χ4v) is 4.54. The number of rotatable bonds is 31. The number of carboxylic acids is 1. The van der Waals surface area contributed by atoms with Gasteiger partial charge in [-0.05, 0) is 40.0 Å². The minimum absolute atomic E-state index is 0.0282. The van der Waals surface area contributed by atoms with Crippen LogP contribution in [0.15, 0.2) is 0 Å². The molecule has 0 aliphatic carbocycles. The number of aliphatic hydroxyl groups is 1. The largest absolute Gasteiger partial charge is 0.481 e. The highest BCUT2D eigenvalue weighted by molar-refractivity contribution is 5.90. The molecule has 0 aliphatic heterocycles. The van der Waals surface area contributed by atoms with E-state index in [0.717, 1.165) is 51.9 Å². The summed E-state index contributed by atoms with van der Waals surface area (Å²) >= 11 is 0. The summed E-state index contributed by atoms with van der Waals surface area (Å²) in [5, 5.41) is 24.0. The molecule has 0 unspecified atom stereocenters. The van der Waals surface area contributed by atoms with Gasteiger partial charge in [-0.1, -0.05) is 90.9 Å². The standard InChI is InChI=1S/C32H61N3O7.C4H8O.CH4O.CH2O/c1-4-41-26-27-42-25-24-34-31(40)32(2,3)35-29(37)21-19-23-33-28(36)20-17-15-13-11-9-7-5-6-8-10-12-14-16-18-22-30(38)39;1-4(2)3-5;2*1-2/h4-27H2,1-3H3,(H,33,36)(H,34,40)(H,35,37)(H,38,39);3-4H,1-2H3;2H,1H3;1H2. The quantitative estimate of drug-likeness (QED) is 0.0446. The maximum Gasteiger partial charge on any atom is 0.303 e. The number of carbonyl (C=O) groups is 6. The van der Waals surface area contributed by atoms with Crippen molar-refractivity contribution in [3.05, 3.63) is 0 Å². The molecule has 0 spiro atoms. The van der Waals surface area contributed by atoms with Crippen molar-refractivity contribution < 1.29 is 48.5 Å². The fourth-order valence-electron chi connectivity index (χ4n) is 4.54. The third-order valence-electron chi connectivity index (χ3n) is 7.35. The first-order valence-electron chi connectivity index (χ1n) is 18.9. The molecule has 0 rings (SSSR count). The van der Waals surface area contributed by atoms with Crippen LogP contribution in [0.5, 0.6) is 0 Å². The van der Waals surface area contributed by atoms with Gasteiger partial charge in [0.2, 0.25) is 17.7 Å². The van der Waals surface area contributed by atoms with Crippen LogP contribution in [0, 0.1) is 5.92 Å². The van der Waals surface area contributed by atoms with Crippen LogP contribution >= 0.6 is 0 Å². The Balaban J connectivity index is -0.00000110. The molecular weight excluding hydrogens is 658 g/mol. The lowest BCUT2D eigenvalue weighted by Crippen LogP contribution is -2.55. The lowest BCUT2D eigenvalue weighted by molar-refractivity contribution is -0.137. The van der Waals surface area contributed by atoms with E-state index in [0.29, 0.717) is 58.8 Å². The Labute approximate surface area is 309 Å². The number of aliphatic carboxylic acids is 1. The van der Waals surface area contributed by atoms with Gasteiger partial charge >= 0.3 is 5.97 Å². The number of aldehydes is 1. The molecule has 0 saturated heterocycles. The topological polar surface area (TPSA) is 197 Å². The molecule has 5 N–H and O–H groups in total. The van der Waals surface area contributed by atoms with Crippen molar-refractivity contribution in [1.82, 2.24) is 16.0 Å². The molecule has 0 fully saturated rings. The summed E-state index contributed by atoms with van der Waals surface area (Å²) in [5.74, 6) is -0.950. The molecule has 302 valence electrons. The van der Waals surface area contributed by atoms with Crippen molar-refractivity contribution in [2.75, 3.05) is 46.6 Å². The summed E-state index contributed by atoms with van der Waals surface area (Å²) < 4.78 is 10.6. The molecule has 0 aromatic rings. The molecule has 51 heavy (non-hydrogen) atoms. The van der Waals surface area contributed by atoms with Gasteiger partial charge in [0, 0.05) is 52.0 Å². The number of aliphatic hydroxyl groups excluding tert-OH is 1. The summed E-state index contributed by atoms with van der Waals surface area (Å²) in [5.41, 5.74) is -1.03. The minimum Gasteiger partial charge on any atom is -0.481 e. The third-order valence-corrected chi connectivity index (χ3v) is 7.35. The monoisotopic (exact) mass is 734 g/mol. The van der Waals surface area contributed by atoms with Gasteiger partial charge < -0.3 is 45.2 Å². The first-order chi connectivity index (χ1) is 24.5. The van der Waals surface area contributed by atoms with E-state index in [9.17, 15) is 24.0 Å². The number of unbranched alkanes of at least 4 members (excludes halogenated alkanes) is 13. The van der Waals surface area contributed by atoms with Crippen LogP contribution in [-0.4, -0.2) is 99.1 Å². The molecule has 0 saturated carbocycles. The Morgan fingerprint density at radius 2 is 1.06 bits per heavy atom. The van der Waals surface area contributed by atoms with Crippen LogP contribution in [0.4, 0.5) is 0 Å². The Bertz CT molecular complexity index is 826. The van der Waals surface area contributed by atoms with Gasteiger partial charge in [0.1, 0.15) is 18.6 Å². The molecule has 0 heterocycles. The number of hydrogen-bond donors (Lipinski definition) is 5. The Morgan fingerprint density at radius 1 is 0.647 bits per heavy atom. The van der Waals surface area contributed by atoms with Gasteiger partial charge in [-0.25, -0.2) is 0 Å². The maximum absolute atomic E-state index is 12.4. The molecule has 0 radical (unpaired) electrons. The molecule has 0 aliphatic rings. The number of carboxylic acid groups (broad SMARTS) is 1. The second kappa shape index (κ2) is 43.3. The van der Waals surface area contributed by atoms with Gasteiger partial charge in [-0.15, -0.1) is 0 Å². The third kappa shape index (κ3) is 47.1. The van der Waals surface area contributed by atoms with Gasteiger partial charge in [0.25, 0.3) is 0 Å². The zero-order valence-electron chi connectivity index (χ0n) is 33.0. The summed E-state index contributed by atoms with van der Waals surface area (Å²) in [6.45, 7) is 13.8. The minimum atomic E-state index is -1.03. The van der Waals surface area contributed by atoms with Crippen molar-refractivity contribution in [2.24, 2.45) is 5.92 Å². The average molecular weight is 734 g/mol. The number of hydrogen-bond acceptors (Lipinski definition) is 9. The second-order valence-corrected chi connectivity index (χ2v) is 12.9. The van der Waals surface area contributed by atoms with Gasteiger partial charge in [0.05, 0.1) is 19.8 Å². The van der Waals surface area contributed by atoms with Crippen LogP contribution in [0.25, 0.3) is 0 Å². The highest BCUT2D eigenvalue weighted by Gasteiger charge is 2.28. The van der Waals surface area contributed by atoms with E-state index in [1.165, 1.54) is 51.4 Å². The summed E-state index contributed by atoms with van der Waals surface area (Å²) in [4.78, 5) is 64.7. The highest BCUT2D eigenvalue weighted by Crippen LogP contribution is 2.14. The Kier molecular flexibility index (Phi) is 46.5. The van der Waals surface area contributed by atoms with E-state index in [1.54, 1.807) is 13.8 Å². The first-order valence-corrected chi connectivity index (χ1v) is 18.9. The van der Waals surface area contributed by atoms with Crippen LogP contribution in [0.2, 0.25) is 0 Å². The number of carbonyl (C=O) groups excluding carboxylic acids is 5. The van der Waals surface area contributed by atoms with Crippen LogP contribution in [0.3, 0.4) is 0 Å². The second-order valence-electron chi connectivity index (χ2n) is 12.9. The molecule has 13 heteroatoms. The molecule has 0 bridgehead atoms. The van der Waals surface area contributed by atoms with Crippen LogP contribution in [-0.2, 0) is 38.2 Å². The van der Waals surface area contributed by atoms with Crippen LogP contribution < -0.4 is 16.0 Å². The van der Waals surface area contributed by atoms with Crippen molar-refractivity contribution in [3.8, 4) is 0 Å². The zero-order chi connectivity index (χ0) is 39.6. The highest BCUT2D eigenvalue weighted by atomic mass is 16.5. The SMILES string of the molecule is C=O.CC(C)C=O.CCOCCOCCNC(=O)C(C)(C)NC(=O)CCCNC(=O)CCCCCCCCCCCCCCCCC(=O)O.CO. The smallest absolute Gasteiger partial charge is 0.303 e. The fraction of sp³-hybridized carbons (Fsp3) is 0.842. The van der Waals surface area contributed by atoms with E-state index in [4.69, 9.17) is 24.5 Å². The summed E-state index contributed by atoms with van der Waals surface area (Å²) in [6, 6.07) is 0. The molecule has 0 aromatic heterocycles. The van der Waals surface area contributed by atoms with E-state index < -0.39 is 11.5 Å². The van der Waals surface area contributed by atoms with Gasteiger partial charge in [0.15, 0.2) is 0 Å². The van der Waals surface area contributed by atoms with Crippen LogP contribution in [0.1, 0.15) is 150 Å². The lowest BCUT2D eigenvalue weighted by Gasteiger charge is -2.25. The lowest BCUT2D eigenvalue weighted by atomic mass is 10.0. The number of ether oxygens (including phenoxy) is 2. The normalized spacial score (nSPS) is 10.4. The summed E-state index contributed by atoms with van der Waals surface area (Å²) in [7, 11) is 1.00. The Morgan fingerprint density at radius 3 is 1.49 bits per heavy atom. The van der Waals surface area contributed by atoms with Crippen molar-refractivity contribution >= 4 is 36.8 Å². The molecular formula is C38H75N3O10. The van der Waals surface area contributed by atoms with E-state index in [1.807, 2.05) is 27.6 Å². The molecule has 3 amide bonds. The molecule has 0 aromatic carbocycles. The Hall–Kier alpha value is -2.90.